The van der Waals surface area contributed by atoms with Gasteiger partial charge in [0, 0.05) is 0 Å². The van der Waals surface area contributed by atoms with E-state index in [0.717, 1.165) is 35.0 Å². The third-order valence-corrected chi connectivity index (χ3v) is 6.30. The fraction of sp³-hybridized carbons (Fsp3) is 0.600. The summed E-state index contributed by atoms with van der Waals surface area (Å²) in [5, 5.41) is 0. The zero-order chi connectivity index (χ0) is 11.4. The van der Waals surface area contributed by atoms with Crippen LogP contribution >= 0.6 is 0 Å². The van der Waals surface area contributed by atoms with E-state index in [4.69, 9.17) is 11.5 Å². The van der Waals surface area contributed by atoms with E-state index in [1.54, 1.807) is 11.1 Å². The van der Waals surface area contributed by atoms with E-state index in [1.807, 2.05) is 0 Å². The molecular weight excluding hydrogens is 208 g/mol. The van der Waals surface area contributed by atoms with Crippen LogP contribution < -0.4 is 11.5 Å². The number of nitrogen functional groups attached to an aromatic ring is 2. The first-order valence-electron chi connectivity index (χ1n) is 6.88. The van der Waals surface area contributed by atoms with Crippen molar-refractivity contribution in [3.05, 3.63) is 23.3 Å². The molecule has 2 bridgehead atoms. The lowest BCUT2D eigenvalue weighted by molar-refractivity contribution is 0.0724. The number of hydrogen-bond donors (Lipinski definition) is 2. The topological polar surface area (TPSA) is 52.0 Å². The summed E-state index contributed by atoms with van der Waals surface area (Å²) in [6.45, 7) is 0. The molecule has 2 nitrogen and oxygen atoms in total. The zero-order valence-electron chi connectivity index (χ0n) is 9.95. The summed E-state index contributed by atoms with van der Waals surface area (Å²) in [6.07, 6.45) is 5.77. The molecule has 17 heavy (non-hydrogen) atoms. The van der Waals surface area contributed by atoms with E-state index < -0.39 is 0 Å². The maximum atomic E-state index is 6.00. The number of benzene rings is 1. The second-order valence-corrected chi connectivity index (χ2v) is 6.84. The van der Waals surface area contributed by atoms with Crippen LogP contribution in [0, 0.1) is 17.3 Å². The minimum absolute atomic E-state index is 0.715. The molecule has 2 heteroatoms. The molecule has 1 aromatic rings. The molecule has 0 heterocycles. The first-order chi connectivity index (χ1) is 8.19. The van der Waals surface area contributed by atoms with Gasteiger partial charge in [0.15, 0.2) is 0 Å². The van der Waals surface area contributed by atoms with Crippen molar-refractivity contribution >= 4 is 11.4 Å². The molecule has 1 aromatic carbocycles. The quantitative estimate of drug-likeness (QED) is 0.668. The van der Waals surface area contributed by atoms with Crippen LogP contribution in [0.4, 0.5) is 11.4 Å². The minimum Gasteiger partial charge on any atom is -0.397 e. The molecule has 1 spiro atoms. The highest BCUT2D eigenvalue weighted by atomic mass is 14.8. The van der Waals surface area contributed by atoms with E-state index in [-0.39, 0.29) is 0 Å². The van der Waals surface area contributed by atoms with Crippen molar-refractivity contribution in [2.24, 2.45) is 17.3 Å². The predicted molar refractivity (Wildman–Crippen MR) is 68.6 cm³/mol. The zero-order valence-corrected chi connectivity index (χ0v) is 9.95. The number of rotatable bonds is 0. The molecule has 3 fully saturated rings. The number of fused-ring (bicyclic) bond motifs is 4. The normalized spacial score (nSPS) is 47.8. The molecule has 0 amide bonds. The lowest BCUT2D eigenvalue weighted by Gasteiger charge is -2.43. The highest BCUT2D eigenvalue weighted by Crippen LogP contribution is 2.82. The van der Waals surface area contributed by atoms with E-state index >= 15 is 0 Å². The smallest absolute Gasteiger partial charge is 0.0550 e. The first-order valence-corrected chi connectivity index (χ1v) is 6.88. The van der Waals surface area contributed by atoms with Gasteiger partial charge < -0.3 is 11.5 Å². The van der Waals surface area contributed by atoms with Crippen molar-refractivity contribution in [1.82, 2.24) is 0 Å². The van der Waals surface area contributed by atoms with Crippen molar-refractivity contribution in [3.8, 4) is 0 Å². The van der Waals surface area contributed by atoms with E-state index in [2.05, 4.69) is 12.1 Å². The monoisotopic (exact) mass is 226 g/mol. The molecular formula is C15H18N2. The molecule has 4 N–H and O–H groups in total. The molecule has 4 aliphatic carbocycles. The lowest BCUT2D eigenvalue weighted by atomic mass is 9.62. The van der Waals surface area contributed by atoms with Crippen LogP contribution in [0.1, 0.15) is 48.6 Å². The van der Waals surface area contributed by atoms with Crippen molar-refractivity contribution < 1.29 is 0 Å². The molecule has 5 atom stereocenters. The Bertz CT molecular complexity index is 523. The van der Waals surface area contributed by atoms with Crippen LogP contribution in [0.15, 0.2) is 12.1 Å². The molecule has 88 valence electrons. The standard InChI is InChI=1S/C15H18N2/c16-13-3-9-7-1-8-5-15(11(8)2-7)6-12(15)10(9)4-14(13)17/h3-4,7-8,11-12H,1-2,5-6,16-17H2. The molecule has 5 rings (SSSR count). The summed E-state index contributed by atoms with van der Waals surface area (Å²) in [5.74, 6) is 3.69. The molecule has 0 aliphatic heterocycles. The van der Waals surface area contributed by atoms with Crippen molar-refractivity contribution in [2.45, 2.75) is 37.5 Å². The van der Waals surface area contributed by atoms with Gasteiger partial charge in [0.1, 0.15) is 0 Å². The number of anilines is 2. The summed E-state index contributed by atoms with van der Waals surface area (Å²) in [5.41, 5.74) is 17.4. The van der Waals surface area contributed by atoms with Crippen LogP contribution in [0.2, 0.25) is 0 Å². The summed E-state index contributed by atoms with van der Waals surface area (Å²) in [6, 6.07) is 4.38. The van der Waals surface area contributed by atoms with Gasteiger partial charge in [-0.1, -0.05) is 0 Å². The van der Waals surface area contributed by atoms with Crippen molar-refractivity contribution in [3.63, 3.8) is 0 Å². The molecule has 0 saturated heterocycles. The van der Waals surface area contributed by atoms with E-state index in [9.17, 15) is 0 Å². The Morgan fingerprint density at radius 3 is 2.59 bits per heavy atom. The molecule has 4 aliphatic rings. The molecule has 0 aromatic heterocycles. The number of nitrogens with two attached hydrogens (primary N) is 2. The fourth-order valence-corrected chi connectivity index (χ4v) is 5.49. The van der Waals surface area contributed by atoms with Crippen molar-refractivity contribution in [2.75, 3.05) is 11.5 Å². The van der Waals surface area contributed by atoms with Crippen LogP contribution in [0.5, 0.6) is 0 Å². The van der Waals surface area contributed by atoms with Crippen LogP contribution in [0.25, 0.3) is 0 Å². The molecule has 3 saturated carbocycles. The third kappa shape index (κ3) is 0.810. The van der Waals surface area contributed by atoms with Gasteiger partial charge in [-0.25, -0.2) is 0 Å². The van der Waals surface area contributed by atoms with Gasteiger partial charge in [-0.2, -0.15) is 0 Å². The van der Waals surface area contributed by atoms with Crippen LogP contribution in [-0.2, 0) is 0 Å². The Balaban J connectivity index is 1.77. The second-order valence-electron chi connectivity index (χ2n) is 6.84. The minimum atomic E-state index is 0.715. The van der Waals surface area contributed by atoms with Gasteiger partial charge in [0.25, 0.3) is 0 Å². The average molecular weight is 226 g/mol. The summed E-state index contributed by atoms with van der Waals surface area (Å²) < 4.78 is 0. The summed E-state index contributed by atoms with van der Waals surface area (Å²) in [4.78, 5) is 0. The van der Waals surface area contributed by atoms with Crippen LogP contribution in [0.3, 0.4) is 0 Å². The Labute approximate surface area is 101 Å². The fourth-order valence-electron chi connectivity index (χ4n) is 5.49. The Hall–Kier alpha value is -1.18. The Morgan fingerprint density at radius 1 is 1.00 bits per heavy atom. The SMILES string of the molecule is Nc1cc2c(cc1N)C1CC13CC1CC2CC13. The van der Waals surface area contributed by atoms with Crippen LogP contribution in [-0.4, -0.2) is 0 Å². The van der Waals surface area contributed by atoms with Gasteiger partial charge in [0.2, 0.25) is 0 Å². The van der Waals surface area contributed by atoms with Gasteiger partial charge in [-0.3, -0.25) is 0 Å². The van der Waals surface area contributed by atoms with Crippen molar-refractivity contribution in [1.29, 1.82) is 0 Å². The van der Waals surface area contributed by atoms with Gasteiger partial charge in [-0.05, 0) is 78.0 Å². The molecule has 5 unspecified atom stereocenters. The third-order valence-electron chi connectivity index (χ3n) is 6.30. The van der Waals surface area contributed by atoms with Gasteiger partial charge in [0.05, 0.1) is 11.4 Å². The van der Waals surface area contributed by atoms with Gasteiger partial charge in [-0.15, -0.1) is 0 Å². The summed E-state index contributed by atoms with van der Waals surface area (Å²) in [7, 11) is 0. The first kappa shape index (κ1) is 8.84. The Kier molecular flexibility index (Phi) is 1.21. The predicted octanol–water partition coefficient (Wildman–Crippen LogP) is 2.85. The van der Waals surface area contributed by atoms with E-state index in [0.29, 0.717) is 5.41 Å². The highest BCUT2D eigenvalue weighted by Gasteiger charge is 2.71. The highest BCUT2D eigenvalue weighted by molar-refractivity contribution is 5.68. The molecule has 0 radical (unpaired) electrons. The lowest BCUT2D eigenvalue weighted by Crippen LogP contribution is -2.35. The summed E-state index contributed by atoms with van der Waals surface area (Å²) >= 11 is 0. The maximum Gasteiger partial charge on any atom is 0.0550 e. The largest absolute Gasteiger partial charge is 0.397 e. The Morgan fingerprint density at radius 2 is 1.76 bits per heavy atom. The second kappa shape index (κ2) is 2.33. The van der Waals surface area contributed by atoms with Gasteiger partial charge >= 0.3 is 0 Å². The van der Waals surface area contributed by atoms with E-state index in [1.165, 1.54) is 25.7 Å². The number of hydrogen-bond acceptors (Lipinski definition) is 2. The average Bonchev–Trinajstić information content (AvgIpc) is 2.93. The maximum absolute atomic E-state index is 6.00.